The molecule has 0 spiro atoms. The van der Waals surface area contributed by atoms with Crippen LogP contribution < -0.4 is 4.72 Å². The molecule has 1 aromatic rings. The third-order valence-electron chi connectivity index (χ3n) is 3.54. The third-order valence-corrected chi connectivity index (χ3v) is 5.15. The van der Waals surface area contributed by atoms with Gasteiger partial charge in [-0.05, 0) is 57.2 Å². The Hall–Kier alpha value is -1.04. The van der Waals surface area contributed by atoms with Gasteiger partial charge in [0, 0.05) is 11.4 Å². The maximum atomic E-state index is 12.2. The zero-order valence-electron chi connectivity index (χ0n) is 12.1. The van der Waals surface area contributed by atoms with E-state index < -0.39 is 17.3 Å². The van der Waals surface area contributed by atoms with Gasteiger partial charge in [0.2, 0.25) is 0 Å². The van der Waals surface area contributed by atoms with Gasteiger partial charge in [0.1, 0.15) is 4.75 Å². The SMILES string of the molecule is CC(C)(C)[S@+]([O-])NC1CCCc2c(C(=O)O)cccc21. The van der Waals surface area contributed by atoms with Crippen molar-refractivity contribution in [1.82, 2.24) is 4.72 Å². The molecular formula is C15H21NO3S. The minimum atomic E-state index is -1.16. The quantitative estimate of drug-likeness (QED) is 0.841. The number of hydrogen-bond donors (Lipinski definition) is 2. The molecule has 1 aliphatic rings. The monoisotopic (exact) mass is 295 g/mol. The van der Waals surface area contributed by atoms with Gasteiger partial charge in [-0.3, -0.25) is 0 Å². The van der Waals surface area contributed by atoms with Crippen molar-refractivity contribution < 1.29 is 14.5 Å². The molecule has 1 aliphatic carbocycles. The van der Waals surface area contributed by atoms with Crippen LogP contribution in [0.1, 0.15) is 61.1 Å². The lowest BCUT2D eigenvalue weighted by molar-refractivity contribution is 0.0695. The van der Waals surface area contributed by atoms with E-state index in [2.05, 4.69) is 4.72 Å². The van der Waals surface area contributed by atoms with Crippen LogP contribution in [0.5, 0.6) is 0 Å². The molecule has 5 heteroatoms. The van der Waals surface area contributed by atoms with Crippen LogP contribution in [0.3, 0.4) is 0 Å². The second-order valence-electron chi connectivity index (χ2n) is 6.12. The van der Waals surface area contributed by atoms with Gasteiger partial charge in [-0.15, -0.1) is 4.72 Å². The van der Waals surface area contributed by atoms with Crippen LogP contribution in [0.4, 0.5) is 0 Å². The predicted molar refractivity (Wildman–Crippen MR) is 80.1 cm³/mol. The molecule has 4 nitrogen and oxygen atoms in total. The summed E-state index contributed by atoms with van der Waals surface area (Å²) in [5.41, 5.74) is 2.24. The number of hydrogen-bond acceptors (Lipinski definition) is 3. The minimum Gasteiger partial charge on any atom is -0.598 e. The van der Waals surface area contributed by atoms with E-state index in [9.17, 15) is 14.5 Å². The Bertz CT molecular complexity index is 510. The first-order valence-electron chi connectivity index (χ1n) is 6.84. The van der Waals surface area contributed by atoms with Crippen molar-refractivity contribution in [3.8, 4) is 0 Å². The van der Waals surface area contributed by atoms with E-state index in [1.165, 1.54) is 0 Å². The summed E-state index contributed by atoms with van der Waals surface area (Å²) >= 11 is -1.16. The number of benzene rings is 1. The van der Waals surface area contributed by atoms with Crippen LogP contribution in [-0.4, -0.2) is 20.4 Å². The molecule has 20 heavy (non-hydrogen) atoms. The predicted octanol–water partition coefficient (Wildman–Crippen LogP) is 2.81. The molecule has 0 saturated heterocycles. The highest BCUT2D eigenvalue weighted by atomic mass is 32.2. The summed E-state index contributed by atoms with van der Waals surface area (Å²) in [6.45, 7) is 5.77. The fourth-order valence-corrected chi connectivity index (χ4v) is 3.33. The summed E-state index contributed by atoms with van der Waals surface area (Å²) in [4.78, 5) is 11.3. The lowest BCUT2D eigenvalue weighted by Gasteiger charge is -2.31. The summed E-state index contributed by atoms with van der Waals surface area (Å²) < 4.78 is 15.1. The molecule has 0 aromatic heterocycles. The maximum Gasteiger partial charge on any atom is 0.335 e. The Morgan fingerprint density at radius 1 is 1.45 bits per heavy atom. The Kier molecular flexibility index (Phi) is 4.42. The molecule has 2 atom stereocenters. The summed E-state index contributed by atoms with van der Waals surface area (Å²) in [6.07, 6.45) is 2.58. The van der Waals surface area contributed by atoms with Crippen LogP contribution in [0.15, 0.2) is 18.2 Å². The van der Waals surface area contributed by atoms with E-state index in [0.717, 1.165) is 30.4 Å². The van der Waals surface area contributed by atoms with Gasteiger partial charge in [-0.2, -0.15) is 0 Å². The van der Waals surface area contributed by atoms with Gasteiger partial charge in [-0.25, -0.2) is 4.79 Å². The van der Waals surface area contributed by atoms with Gasteiger partial charge < -0.3 is 9.66 Å². The van der Waals surface area contributed by atoms with E-state index in [-0.39, 0.29) is 10.8 Å². The average molecular weight is 295 g/mol. The number of nitrogens with one attached hydrogen (secondary N) is 1. The van der Waals surface area contributed by atoms with Crippen molar-refractivity contribution in [3.63, 3.8) is 0 Å². The maximum absolute atomic E-state index is 12.2. The zero-order valence-corrected chi connectivity index (χ0v) is 12.9. The standard InChI is InChI=1S/C15H21NO3S/c1-15(2,3)20(19)16-13-9-5-6-10-11(13)7-4-8-12(10)14(17)18/h4,7-8,13,16H,5-6,9H2,1-3H3,(H,17,18)/t13?,20-/m0/s1. The molecule has 2 rings (SSSR count). The van der Waals surface area contributed by atoms with E-state index >= 15 is 0 Å². The summed E-state index contributed by atoms with van der Waals surface area (Å²) in [6, 6.07) is 5.32. The summed E-state index contributed by atoms with van der Waals surface area (Å²) in [5.74, 6) is -0.889. The van der Waals surface area contributed by atoms with E-state index in [1.54, 1.807) is 12.1 Å². The van der Waals surface area contributed by atoms with Crippen molar-refractivity contribution >= 4 is 17.3 Å². The number of aromatic carboxylic acids is 1. The molecule has 1 unspecified atom stereocenters. The summed E-state index contributed by atoms with van der Waals surface area (Å²) in [5, 5.41) is 9.26. The Morgan fingerprint density at radius 2 is 2.15 bits per heavy atom. The van der Waals surface area contributed by atoms with Crippen LogP contribution >= 0.6 is 0 Å². The first-order chi connectivity index (χ1) is 9.30. The largest absolute Gasteiger partial charge is 0.598 e. The molecule has 0 fully saturated rings. The third kappa shape index (κ3) is 3.16. The Balaban J connectivity index is 2.29. The number of carboxylic acids is 1. The van der Waals surface area contributed by atoms with Crippen LogP contribution in [0.25, 0.3) is 0 Å². The fourth-order valence-electron chi connectivity index (χ4n) is 2.48. The smallest absolute Gasteiger partial charge is 0.335 e. The van der Waals surface area contributed by atoms with Gasteiger partial charge in [0.05, 0.1) is 11.6 Å². The molecule has 0 amide bonds. The number of carboxylic acid groups (broad SMARTS) is 1. The van der Waals surface area contributed by atoms with Crippen molar-refractivity contribution in [3.05, 3.63) is 34.9 Å². The molecule has 0 saturated carbocycles. The topological polar surface area (TPSA) is 72.4 Å². The second-order valence-corrected chi connectivity index (χ2v) is 8.12. The highest BCUT2D eigenvalue weighted by molar-refractivity contribution is 7.90. The number of rotatable bonds is 3. The lowest BCUT2D eigenvalue weighted by atomic mass is 9.85. The molecule has 0 bridgehead atoms. The van der Waals surface area contributed by atoms with E-state index in [0.29, 0.717) is 5.56 Å². The molecule has 0 radical (unpaired) electrons. The van der Waals surface area contributed by atoms with Crippen molar-refractivity contribution in [2.24, 2.45) is 0 Å². The lowest BCUT2D eigenvalue weighted by Crippen LogP contribution is -2.42. The number of carbonyl (C=O) groups is 1. The van der Waals surface area contributed by atoms with Gasteiger partial charge in [-0.1, -0.05) is 12.1 Å². The first kappa shape index (κ1) is 15.4. The Labute approximate surface area is 122 Å². The average Bonchev–Trinajstić information content (AvgIpc) is 2.37. The molecular weight excluding hydrogens is 274 g/mol. The highest BCUT2D eigenvalue weighted by Crippen LogP contribution is 2.33. The van der Waals surface area contributed by atoms with E-state index in [4.69, 9.17) is 0 Å². The van der Waals surface area contributed by atoms with Crippen LogP contribution in [0.2, 0.25) is 0 Å². The molecule has 0 heterocycles. The second kappa shape index (κ2) is 5.76. The highest BCUT2D eigenvalue weighted by Gasteiger charge is 2.32. The molecule has 1 aromatic carbocycles. The molecule has 0 aliphatic heterocycles. The summed E-state index contributed by atoms with van der Waals surface area (Å²) in [7, 11) is 0. The molecule has 2 N–H and O–H groups in total. The molecule has 110 valence electrons. The van der Waals surface area contributed by atoms with Crippen LogP contribution in [0, 0.1) is 0 Å². The van der Waals surface area contributed by atoms with Crippen molar-refractivity contribution in [2.75, 3.05) is 0 Å². The Morgan fingerprint density at radius 3 is 2.75 bits per heavy atom. The van der Waals surface area contributed by atoms with Crippen LogP contribution in [-0.2, 0) is 17.8 Å². The van der Waals surface area contributed by atoms with Crippen molar-refractivity contribution in [1.29, 1.82) is 0 Å². The normalized spacial score (nSPS) is 20.3. The fraction of sp³-hybridized carbons (Fsp3) is 0.533. The first-order valence-corrected chi connectivity index (χ1v) is 7.99. The minimum absolute atomic E-state index is 0.0295. The van der Waals surface area contributed by atoms with Gasteiger partial charge in [0.15, 0.2) is 0 Å². The van der Waals surface area contributed by atoms with Crippen molar-refractivity contribution in [2.45, 2.75) is 50.8 Å². The number of fused-ring (bicyclic) bond motifs is 1. The van der Waals surface area contributed by atoms with Gasteiger partial charge in [0.25, 0.3) is 0 Å². The van der Waals surface area contributed by atoms with E-state index in [1.807, 2.05) is 26.8 Å². The van der Waals surface area contributed by atoms with Gasteiger partial charge >= 0.3 is 5.97 Å². The zero-order chi connectivity index (χ0) is 14.9.